The number of nitrogens with two attached hydrogens (primary N) is 1. The molecule has 1 aliphatic rings. The first-order valence-corrected chi connectivity index (χ1v) is 6.86. The van der Waals surface area contributed by atoms with E-state index in [0.717, 1.165) is 0 Å². The van der Waals surface area contributed by atoms with Crippen LogP contribution in [-0.2, 0) is 4.74 Å². The lowest BCUT2D eigenvalue weighted by atomic mass is 10.1. The van der Waals surface area contributed by atoms with Crippen LogP contribution in [0.1, 0.15) is 19.1 Å². The van der Waals surface area contributed by atoms with Gasteiger partial charge in [0.15, 0.2) is 11.2 Å². The van der Waals surface area contributed by atoms with E-state index in [1.807, 2.05) is 0 Å². The van der Waals surface area contributed by atoms with Crippen LogP contribution in [-0.4, -0.2) is 59.8 Å². The fraction of sp³-hybridized carbons (Fsp3) is 0.583. The number of fused-ring (bicyclic) bond motifs is 1. The summed E-state index contributed by atoms with van der Waals surface area (Å²) in [6.45, 7) is -0.447. The number of aliphatic hydroxyl groups is 3. The molecule has 0 bridgehead atoms. The van der Waals surface area contributed by atoms with Crippen molar-refractivity contribution in [1.82, 2.24) is 19.5 Å². The highest BCUT2D eigenvalue weighted by molar-refractivity contribution is 5.70. The number of imidazole rings is 1. The van der Waals surface area contributed by atoms with Crippen molar-refractivity contribution >= 4 is 17.1 Å². The van der Waals surface area contributed by atoms with E-state index in [1.54, 1.807) is 0 Å². The Morgan fingerprint density at radius 1 is 1.45 bits per heavy atom. The molecule has 1 unspecified atom stereocenters. The van der Waals surface area contributed by atoms with Crippen molar-refractivity contribution < 1.29 is 20.1 Å². The molecular formula is C12H17N5O5. The van der Waals surface area contributed by atoms with Crippen molar-refractivity contribution in [3.8, 4) is 0 Å². The number of aromatic amines is 1. The van der Waals surface area contributed by atoms with Crippen LogP contribution in [0.5, 0.6) is 0 Å². The fourth-order valence-electron chi connectivity index (χ4n) is 2.59. The lowest BCUT2D eigenvalue weighted by molar-refractivity contribution is -0.128. The van der Waals surface area contributed by atoms with Crippen LogP contribution < -0.4 is 11.3 Å². The third-order valence-electron chi connectivity index (χ3n) is 3.76. The Bertz CT molecular complexity index is 728. The van der Waals surface area contributed by atoms with E-state index in [4.69, 9.17) is 10.5 Å². The Morgan fingerprint density at radius 2 is 2.23 bits per heavy atom. The third-order valence-corrected chi connectivity index (χ3v) is 3.76. The molecule has 3 heterocycles. The van der Waals surface area contributed by atoms with E-state index in [2.05, 4.69) is 15.0 Å². The number of rotatable bonds is 2. The number of H-pyrrole nitrogens is 1. The molecule has 0 aliphatic carbocycles. The first-order chi connectivity index (χ1) is 10.5. The number of hydrogen-bond acceptors (Lipinski definition) is 8. The van der Waals surface area contributed by atoms with Crippen molar-refractivity contribution in [2.24, 2.45) is 0 Å². The molecule has 1 fully saturated rings. The second-order valence-corrected chi connectivity index (χ2v) is 5.22. The van der Waals surface area contributed by atoms with Crippen LogP contribution >= 0.6 is 0 Å². The minimum Gasteiger partial charge on any atom is -0.394 e. The van der Waals surface area contributed by atoms with E-state index in [-0.39, 0.29) is 23.5 Å². The third kappa shape index (κ3) is 2.46. The predicted octanol–water partition coefficient (Wildman–Crippen LogP) is -1.91. The SMILES string of the molecule is Nc1nc2c(ncn2[C@H]2CCC(O)[C@H](O)[C@@H](CO)O2)c(=O)[nH]1. The van der Waals surface area contributed by atoms with Gasteiger partial charge in [-0.1, -0.05) is 0 Å². The lowest BCUT2D eigenvalue weighted by Crippen LogP contribution is -2.39. The van der Waals surface area contributed by atoms with Gasteiger partial charge in [-0.05, 0) is 12.8 Å². The van der Waals surface area contributed by atoms with E-state index < -0.39 is 36.7 Å². The zero-order chi connectivity index (χ0) is 15.9. The van der Waals surface area contributed by atoms with Crippen LogP contribution in [0.4, 0.5) is 5.95 Å². The van der Waals surface area contributed by atoms with Gasteiger partial charge in [0.25, 0.3) is 5.56 Å². The van der Waals surface area contributed by atoms with Crippen LogP contribution in [0.2, 0.25) is 0 Å². The summed E-state index contributed by atoms with van der Waals surface area (Å²) in [7, 11) is 0. The van der Waals surface area contributed by atoms with Crippen molar-refractivity contribution in [3.05, 3.63) is 16.7 Å². The molecule has 0 saturated carbocycles. The van der Waals surface area contributed by atoms with Gasteiger partial charge in [-0.15, -0.1) is 0 Å². The minimum atomic E-state index is -1.19. The number of hydrogen-bond donors (Lipinski definition) is 5. The highest BCUT2D eigenvalue weighted by Gasteiger charge is 2.34. The van der Waals surface area contributed by atoms with Crippen molar-refractivity contribution in [1.29, 1.82) is 0 Å². The van der Waals surface area contributed by atoms with Crippen LogP contribution in [0.25, 0.3) is 11.2 Å². The van der Waals surface area contributed by atoms with Gasteiger partial charge in [0.2, 0.25) is 5.95 Å². The topological polar surface area (TPSA) is 160 Å². The maximum absolute atomic E-state index is 11.8. The van der Waals surface area contributed by atoms with Crippen LogP contribution in [0, 0.1) is 0 Å². The molecule has 3 rings (SSSR count). The first-order valence-electron chi connectivity index (χ1n) is 6.86. The predicted molar refractivity (Wildman–Crippen MR) is 74.8 cm³/mol. The Hall–Kier alpha value is -2.01. The number of nitrogen functional groups attached to an aromatic ring is 1. The number of aromatic nitrogens is 4. The minimum absolute atomic E-state index is 0.0494. The Morgan fingerprint density at radius 3 is 2.95 bits per heavy atom. The van der Waals surface area contributed by atoms with Crippen molar-refractivity contribution in [2.75, 3.05) is 12.3 Å². The fourth-order valence-corrected chi connectivity index (χ4v) is 2.59. The highest BCUT2D eigenvalue weighted by atomic mass is 16.5. The summed E-state index contributed by atoms with van der Waals surface area (Å²) in [6, 6.07) is 0. The van der Waals surface area contributed by atoms with E-state index >= 15 is 0 Å². The normalized spacial score (nSPS) is 29.6. The number of nitrogens with one attached hydrogen (secondary N) is 1. The Balaban J connectivity index is 2.01. The smallest absolute Gasteiger partial charge is 0.280 e. The summed E-state index contributed by atoms with van der Waals surface area (Å²) in [5.74, 6) is -0.0494. The Labute approximate surface area is 124 Å². The number of nitrogens with zero attached hydrogens (tertiary/aromatic N) is 3. The van der Waals surface area contributed by atoms with Gasteiger partial charge in [-0.2, -0.15) is 4.98 Å². The molecule has 0 spiro atoms. The van der Waals surface area contributed by atoms with Gasteiger partial charge in [0.1, 0.15) is 18.4 Å². The molecule has 1 aliphatic heterocycles. The summed E-state index contributed by atoms with van der Waals surface area (Å²) in [6.07, 6.45) is -1.77. The zero-order valence-electron chi connectivity index (χ0n) is 11.6. The molecule has 22 heavy (non-hydrogen) atoms. The molecule has 4 atom stereocenters. The molecule has 10 heteroatoms. The summed E-state index contributed by atoms with van der Waals surface area (Å²) >= 11 is 0. The van der Waals surface area contributed by atoms with Gasteiger partial charge in [0.05, 0.1) is 19.0 Å². The van der Waals surface area contributed by atoms with Crippen molar-refractivity contribution in [2.45, 2.75) is 37.4 Å². The maximum Gasteiger partial charge on any atom is 0.280 e. The van der Waals surface area contributed by atoms with Crippen LogP contribution in [0.3, 0.4) is 0 Å². The standard InChI is InChI=1S/C12H17N5O5/c13-12-15-10-8(11(21)16-12)14-4-17(10)7-2-1-5(19)9(20)6(3-18)22-7/h4-7,9,18-20H,1-3H2,(H3,13,15,16,21)/t5?,6-,7-,9+/m1/s1. The second kappa shape index (κ2) is 5.65. The average molecular weight is 311 g/mol. The quantitative estimate of drug-likeness (QED) is 0.429. The number of anilines is 1. The molecule has 2 aromatic rings. The van der Waals surface area contributed by atoms with Gasteiger partial charge in [0, 0.05) is 0 Å². The van der Waals surface area contributed by atoms with Crippen molar-refractivity contribution in [3.63, 3.8) is 0 Å². The molecule has 10 nitrogen and oxygen atoms in total. The van der Waals surface area contributed by atoms with Gasteiger partial charge in [-0.3, -0.25) is 14.3 Å². The number of ether oxygens (including phenoxy) is 1. The molecular weight excluding hydrogens is 294 g/mol. The molecule has 1 saturated heterocycles. The summed E-state index contributed by atoms with van der Waals surface area (Å²) in [5, 5.41) is 29.0. The largest absolute Gasteiger partial charge is 0.394 e. The summed E-state index contributed by atoms with van der Waals surface area (Å²) < 4.78 is 7.15. The van der Waals surface area contributed by atoms with Gasteiger partial charge < -0.3 is 25.8 Å². The van der Waals surface area contributed by atoms with E-state index in [9.17, 15) is 20.1 Å². The monoisotopic (exact) mass is 311 g/mol. The average Bonchev–Trinajstić information content (AvgIpc) is 2.84. The van der Waals surface area contributed by atoms with E-state index in [0.29, 0.717) is 6.42 Å². The summed E-state index contributed by atoms with van der Waals surface area (Å²) in [5.41, 5.74) is 5.44. The Kier molecular flexibility index (Phi) is 3.83. The zero-order valence-corrected chi connectivity index (χ0v) is 11.6. The maximum atomic E-state index is 11.8. The molecule has 2 aromatic heterocycles. The molecule has 0 amide bonds. The summed E-state index contributed by atoms with van der Waals surface area (Å²) in [4.78, 5) is 22.2. The molecule has 6 N–H and O–H groups in total. The molecule has 120 valence electrons. The molecule has 0 aromatic carbocycles. The van der Waals surface area contributed by atoms with Crippen LogP contribution in [0.15, 0.2) is 11.1 Å². The molecule has 0 radical (unpaired) electrons. The van der Waals surface area contributed by atoms with Gasteiger partial charge >= 0.3 is 0 Å². The highest BCUT2D eigenvalue weighted by Crippen LogP contribution is 2.28. The number of aliphatic hydroxyl groups excluding tert-OH is 3. The van der Waals surface area contributed by atoms with Gasteiger partial charge in [-0.25, -0.2) is 4.98 Å². The van der Waals surface area contributed by atoms with E-state index in [1.165, 1.54) is 10.9 Å². The first kappa shape index (κ1) is 14.9. The lowest BCUT2D eigenvalue weighted by Gasteiger charge is -2.24. The second-order valence-electron chi connectivity index (χ2n) is 5.22.